The van der Waals surface area contributed by atoms with Crippen LogP contribution in [0.5, 0.6) is 0 Å². The fraction of sp³-hybridized carbons (Fsp3) is 1.00. The lowest BCUT2D eigenvalue weighted by Crippen LogP contribution is -2.62. The highest BCUT2D eigenvalue weighted by molar-refractivity contribution is 4.94. The summed E-state index contributed by atoms with van der Waals surface area (Å²) in [5, 5.41) is 9.16. The Morgan fingerprint density at radius 1 is 1.17 bits per heavy atom. The van der Waals surface area contributed by atoms with Gasteiger partial charge in [0.15, 0.2) is 0 Å². The van der Waals surface area contributed by atoms with Crippen molar-refractivity contribution in [3.05, 3.63) is 0 Å². The molecule has 0 aliphatic carbocycles. The average molecular weight is 266 g/mol. The molecule has 3 nitrogen and oxygen atoms in total. The lowest BCUT2D eigenvalue weighted by molar-refractivity contribution is -0.139. The molecule has 2 heterocycles. The summed E-state index contributed by atoms with van der Waals surface area (Å²) in [6.07, 6.45) is -1.91. The molecule has 0 aromatic rings. The third-order valence-electron chi connectivity index (χ3n) is 4.01. The van der Waals surface area contributed by atoms with Gasteiger partial charge in [0.25, 0.3) is 0 Å². The van der Waals surface area contributed by atoms with Crippen molar-refractivity contribution in [3.8, 4) is 0 Å². The van der Waals surface area contributed by atoms with Crippen molar-refractivity contribution in [2.45, 2.75) is 43.9 Å². The molecule has 2 atom stereocenters. The monoisotopic (exact) mass is 266 g/mol. The topological polar surface area (TPSA) is 26.7 Å². The Labute approximate surface area is 106 Å². The van der Waals surface area contributed by atoms with E-state index in [1.807, 2.05) is 4.90 Å². The molecule has 1 N–H and O–H groups in total. The number of aliphatic hydroxyl groups excluding tert-OH is 1. The molecular weight excluding hydrogens is 245 g/mol. The van der Waals surface area contributed by atoms with Gasteiger partial charge in [-0.2, -0.15) is 13.2 Å². The normalized spacial score (nSPS) is 31.3. The molecule has 2 fully saturated rings. The van der Waals surface area contributed by atoms with Gasteiger partial charge in [0, 0.05) is 25.2 Å². The van der Waals surface area contributed by atoms with Crippen LogP contribution in [-0.4, -0.2) is 66.0 Å². The third-order valence-corrected chi connectivity index (χ3v) is 4.01. The Morgan fingerprint density at radius 2 is 1.89 bits per heavy atom. The average Bonchev–Trinajstić information content (AvgIpc) is 2.25. The van der Waals surface area contributed by atoms with Gasteiger partial charge < -0.3 is 10.0 Å². The van der Waals surface area contributed by atoms with Crippen molar-refractivity contribution in [2.24, 2.45) is 0 Å². The highest BCUT2D eigenvalue weighted by Crippen LogP contribution is 2.29. The third kappa shape index (κ3) is 3.59. The first-order chi connectivity index (χ1) is 8.49. The van der Waals surface area contributed by atoms with Gasteiger partial charge in [-0.15, -0.1) is 0 Å². The van der Waals surface area contributed by atoms with E-state index in [9.17, 15) is 13.2 Å². The van der Waals surface area contributed by atoms with Gasteiger partial charge in [0.2, 0.25) is 0 Å². The molecule has 0 bridgehead atoms. The second kappa shape index (κ2) is 5.75. The van der Waals surface area contributed by atoms with Gasteiger partial charge in [-0.25, -0.2) is 0 Å². The van der Waals surface area contributed by atoms with Crippen LogP contribution in [0.3, 0.4) is 0 Å². The minimum atomic E-state index is -4.06. The maximum absolute atomic E-state index is 12.2. The van der Waals surface area contributed by atoms with Crippen molar-refractivity contribution in [2.75, 3.05) is 32.8 Å². The highest BCUT2D eigenvalue weighted by Gasteiger charge is 2.39. The molecule has 0 spiro atoms. The molecule has 18 heavy (non-hydrogen) atoms. The molecule has 2 rings (SSSR count). The summed E-state index contributed by atoms with van der Waals surface area (Å²) in [7, 11) is 0. The van der Waals surface area contributed by atoms with Gasteiger partial charge in [0.05, 0.1) is 13.0 Å². The van der Waals surface area contributed by atoms with E-state index in [4.69, 9.17) is 5.11 Å². The van der Waals surface area contributed by atoms with E-state index < -0.39 is 12.6 Å². The van der Waals surface area contributed by atoms with E-state index in [0.29, 0.717) is 12.6 Å². The molecular formula is C12H21F3N2O. The van der Waals surface area contributed by atoms with Crippen LogP contribution in [0.15, 0.2) is 0 Å². The van der Waals surface area contributed by atoms with Gasteiger partial charge in [-0.1, -0.05) is 0 Å². The fourth-order valence-corrected chi connectivity index (χ4v) is 2.98. The van der Waals surface area contributed by atoms with Gasteiger partial charge in [-0.05, 0) is 32.4 Å². The number of halogens is 3. The van der Waals surface area contributed by atoms with Crippen LogP contribution in [0.4, 0.5) is 13.2 Å². The molecule has 0 aromatic heterocycles. The van der Waals surface area contributed by atoms with Crippen LogP contribution in [0.25, 0.3) is 0 Å². The molecule has 2 saturated heterocycles. The highest BCUT2D eigenvalue weighted by atomic mass is 19.4. The summed E-state index contributed by atoms with van der Waals surface area (Å²) < 4.78 is 36.7. The van der Waals surface area contributed by atoms with E-state index in [1.54, 1.807) is 0 Å². The number of hydrogen-bond acceptors (Lipinski definition) is 3. The minimum Gasteiger partial charge on any atom is -0.395 e. The van der Waals surface area contributed by atoms with Crippen LogP contribution in [0.1, 0.15) is 25.7 Å². The molecule has 2 aliphatic rings. The Hall–Kier alpha value is -0.330. The molecule has 106 valence electrons. The van der Waals surface area contributed by atoms with E-state index in [0.717, 1.165) is 32.4 Å². The number of nitrogens with zero attached hydrogens (tertiary/aromatic N) is 2. The predicted octanol–water partition coefficient (Wildman–Crippen LogP) is 1.47. The van der Waals surface area contributed by atoms with E-state index >= 15 is 0 Å². The maximum atomic E-state index is 12.2. The van der Waals surface area contributed by atoms with Crippen molar-refractivity contribution in [1.29, 1.82) is 0 Å². The second-order valence-corrected chi connectivity index (χ2v) is 5.34. The number of fused-ring (bicyclic) bond motifs is 1. The number of rotatable bonds is 3. The lowest BCUT2D eigenvalue weighted by Gasteiger charge is -2.51. The Kier molecular flexibility index (Phi) is 4.50. The second-order valence-electron chi connectivity index (χ2n) is 5.34. The summed E-state index contributed by atoms with van der Waals surface area (Å²) in [4.78, 5) is 4.18. The van der Waals surface area contributed by atoms with Crippen molar-refractivity contribution in [3.63, 3.8) is 0 Å². The Morgan fingerprint density at radius 3 is 2.56 bits per heavy atom. The van der Waals surface area contributed by atoms with Crippen molar-refractivity contribution in [1.82, 2.24) is 9.80 Å². The largest absolute Gasteiger partial charge is 0.395 e. The molecule has 0 saturated carbocycles. The first kappa shape index (κ1) is 14.1. The first-order valence-corrected chi connectivity index (χ1v) is 6.65. The zero-order valence-electron chi connectivity index (χ0n) is 10.5. The predicted molar refractivity (Wildman–Crippen MR) is 62.3 cm³/mol. The van der Waals surface area contributed by atoms with Gasteiger partial charge in [0.1, 0.15) is 0 Å². The molecule has 6 heteroatoms. The fourth-order valence-electron chi connectivity index (χ4n) is 2.98. The summed E-state index contributed by atoms with van der Waals surface area (Å²) in [5.41, 5.74) is 0. The van der Waals surface area contributed by atoms with E-state index in [-0.39, 0.29) is 19.2 Å². The maximum Gasteiger partial charge on any atom is 0.390 e. The first-order valence-electron chi connectivity index (χ1n) is 6.65. The zero-order valence-corrected chi connectivity index (χ0v) is 10.5. The zero-order chi connectivity index (χ0) is 13.2. The number of hydrogen-bond donors (Lipinski definition) is 1. The summed E-state index contributed by atoms with van der Waals surface area (Å²) in [6.45, 7) is 2.73. The molecule has 2 aliphatic heterocycles. The quantitative estimate of drug-likeness (QED) is 0.838. The van der Waals surface area contributed by atoms with Crippen LogP contribution >= 0.6 is 0 Å². The molecule has 0 aromatic carbocycles. The van der Waals surface area contributed by atoms with Gasteiger partial charge >= 0.3 is 6.18 Å². The lowest BCUT2D eigenvalue weighted by atomic mass is 9.91. The number of aliphatic hydroxyl groups is 1. The van der Waals surface area contributed by atoms with Crippen LogP contribution in [0.2, 0.25) is 0 Å². The SMILES string of the molecule is OC[C@@H]1C[C@@H]2CN(CCC(F)(F)F)CCCCN12. The summed E-state index contributed by atoms with van der Waals surface area (Å²) in [5.74, 6) is 0. The summed E-state index contributed by atoms with van der Waals surface area (Å²) >= 11 is 0. The van der Waals surface area contributed by atoms with Crippen LogP contribution < -0.4 is 0 Å². The van der Waals surface area contributed by atoms with Crippen molar-refractivity contribution < 1.29 is 18.3 Å². The summed E-state index contributed by atoms with van der Waals surface area (Å²) in [6, 6.07) is 0.577. The van der Waals surface area contributed by atoms with Crippen molar-refractivity contribution >= 4 is 0 Å². The molecule has 0 radical (unpaired) electrons. The smallest absolute Gasteiger partial charge is 0.390 e. The standard InChI is InChI=1S/C12H21F3N2O/c13-12(14,15)3-6-16-4-1-2-5-17-10(8-16)7-11(17)9-18/h10-11,18H,1-9H2/t10-,11+/m1/s1. The van der Waals surface area contributed by atoms with Gasteiger partial charge in [-0.3, -0.25) is 4.90 Å². The van der Waals surface area contributed by atoms with Crippen LogP contribution in [0, 0.1) is 0 Å². The van der Waals surface area contributed by atoms with Crippen LogP contribution in [-0.2, 0) is 0 Å². The molecule has 0 amide bonds. The van der Waals surface area contributed by atoms with E-state index in [2.05, 4.69) is 4.90 Å². The Bertz CT molecular complexity index is 273. The minimum absolute atomic E-state index is 0.109. The molecule has 0 unspecified atom stereocenters. The van der Waals surface area contributed by atoms with E-state index in [1.165, 1.54) is 0 Å². The Balaban J connectivity index is 1.82. The number of alkyl halides is 3.